The smallest absolute Gasteiger partial charge is 0.167 e. The largest absolute Gasteiger partial charge is 0.294 e. The molecule has 0 amide bonds. The van der Waals surface area contributed by atoms with Crippen LogP contribution in [-0.2, 0) is 6.42 Å². The third kappa shape index (κ3) is 3.24. The highest BCUT2D eigenvalue weighted by Crippen LogP contribution is 2.14. The number of rotatable bonds is 3. The summed E-state index contributed by atoms with van der Waals surface area (Å²) in [5.74, 6) is -0.332. The molecule has 1 nitrogen and oxygen atoms in total. The molecule has 0 unspecified atom stereocenters. The summed E-state index contributed by atoms with van der Waals surface area (Å²) in [6.45, 7) is 0. The molecule has 0 aliphatic heterocycles. The summed E-state index contributed by atoms with van der Waals surface area (Å²) in [5, 5.41) is 0. The van der Waals surface area contributed by atoms with Gasteiger partial charge in [0.05, 0.1) is 0 Å². The van der Waals surface area contributed by atoms with Crippen molar-refractivity contribution >= 4 is 21.7 Å². The highest BCUT2D eigenvalue weighted by molar-refractivity contribution is 9.10. The SMILES string of the molecule is O=C(Cc1cccc(F)c1)c1cccc(Br)c1. The van der Waals surface area contributed by atoms with E-state index in [2.05, 4.69) is 15.9 Å². The quantitative estimate of drug-likeness (QED) is 0.781. The van der Waals surface area contributed by atoms with E-state index in [1.807, 2.05) is 12.1 Å². The summed E-state index contributed by atoms with van der Waals surface area (Å²) < 4.78 is 13.8. The Hall–Kier alpha value is -1.48. The van der Waals surface area contributed by atoms with Gasteiger partial charge in [0.25, 0.3) is 0 Å². The standard InChI is InChI=1S/C14H10BrFO/c15-12-5-2-4-11(9-12)14(17)8-10-3-1-6-13(16)7-10/h1-7,9H,8H2. The lowest BCUT2D eigenvalue weighted by molar-refractivity contribution is 0.0993. The summed E-state index contributed by atoms with van der Waals surface area (Å²) in [6, 6.07) is 13.3. The summed E-state index contributed by atoms with van der Waals surface area (Å²) in [5.41, 5.74) is 1.32. The molecular formula is C14H10BrFO. The number of halogens is 2. The highest BCUT2D eigenvalue weighted by atomic mass is 79.9. The average Bonchev–Trinajstić information content (AvgIpc) is 2.29. The van der Waals surface area contributed by atoms with Crippen LogP contribution in [0.2, 0.25) is 0 Å². The first-order valence-electron chi connectivity index (χ1n) is 5.18. The Morgan fingerprint density at radius 3 is 2.59 bits per heavy atom. The second-order valence-corrected chi connectivity index (χ2v) is 4.66. The minimum atomic E-state index is -0.315. The van der Waals surface area contributed by atoms with Crippen LogP contribution in [0.25, 0.3) is 0 Å². The van der Waals surface area contributed by atoms with Crippen molar-refractivity contribution in [2.75, 3.05) is 0 Å². The van der Waals surface area contributed by atoms with Gasteiger partial charge in [0.1, 0.15) is 5.82 Å². The molecule has 2 aromatic rings. The maximum Gasteiger partial charge on any atom is 0.167 e. The number of hydrogen-bond acceptors (Lipinski definition) is 1. The molecule has 2 rings (SSSR count). The Labute approximate surface area is 107 Å². The molecule has 0 spiro atoms. The van der Waals surface area contributed by atoms with Crippen molar-refractivity contribution in [2.45, 2.75) is 6.42 Å². The summed E-state index contributed by atoms with van der Waals surface area (Å²) in [6.07, 6.45) is 0.216. The predicted molar refractivity (Wildman–Crippen MR) is 68.6 cm³/mol. The number of hydrogen-bond donors (Lipinski definition) is 0. The van der Waals surface area contributed by atoms with Gasteiger partial charge >= 0.3 is 0 Å². The van der Waals surface area contributed by atoms with Gasteiger partial charge in [-0.3, -0.25) is 4.79 Å². The fourth-order valence-corrected chi connectivity index (χ4v) is 2.00. The minimum absolute atomic E-state index is 0.0168. The summed E-state index contributed by atoms with van der Waals surface area (Å²) in [7, 11) is 0. The van der Waals surface area contributed by atoms with Crippen LogP contribution in [-0.4, -0.2) is 5.78 Å². The number of benzene rings is 2. The van der Waals surface area contributed by atoms with Gasteiger partial charge < -0.3 is 0 Å². The van der Waals surface area contributed by atoms with Crippen molar-refractivity contribution in [1.29, 1.82) is 0 Å². The van der Waals surface area contributed by atoms with Crippen LogP contribution in [0.3, 0.4) is 0 Å². The molecule has 0 aliphatic rings. The van der Waals surface area contributed by atoms with Gasteiger partial charge in [-0.25, -0.2) is 4.39 Å². The molecule has 0 aliphatic carbocycles. The number of Topliss-reactive ketones (excluding diaryl/α,β-unsaturated/α-hetero) is 1. The lowest BCUT2D eigenvalue weighted by atomic mass is 10.0. The molecule has 17 heavy (non-hydrogen) atoms. The second-order valence-electron chi connectivity index (χ2n) is 3.74. The lowest BCUT2D eigenvalue weighted by Crippen LogP contribution is -2.03. The summed E-state index contributed by atoms with van der Waals surface area (Å²) >= 11 is 3.32. The molecule has 3 heteroatoms. The number of carbonyl (C=O) groups is 1. The van der Waals surface area contributed by atoms with Crippen molar-refractivity contribution in [1.82, 2.24) is 0 Å². The van der Waals surface area contributed by atoms with Crippen LogP contribution in [0, 0.1) is 5.82 Å². The van der Waals surface area contributed by atoms with Gasteiger partial charge in [0, 0.05) is 16.5 Å². The zero-order chi connectivity index (χ0) is 12.3. The van der Waals surface area contributed by atoms with E-state index >= 15 is 0 Å². The van der Waals surface area contributed by atoms with Gasteiger partial charge in [-0.05, 0) is 29.8 Å². The van der Waals surface area contributed by atoms with Crippen LogP contribution in [0.4, 0.5) is 4.39 Å². The Morgan fingerprint density at radius 1 is 1.12 bits per heavy atom. The third-order valence-corrected chi connectivity index (χ3v) is 2.89. The number of carbonyl (C=O) groups excluding carboxylic acids is 1. The van der Waals surface area contributed by atoms with Crippen molar-refractivity contribution in [3.8, 4) is 0 Å². The average molecular weight is 293 g/mol. The lowest BCUT2D eigenvalue weighted by Gasteiger charge is -2.02. The first kappa shape index (κ1) is 12.0. The van der Waals surface area contributed by atoms with Crippen LogP contribution in [0.5, 0.6) is 0 Å². The molecule has 2 aromatic carbocycles. The zero-order valence-corrected chi connectivity index (χ0v) is 10.6. The van der Waals surface area contributed by atoms with E-state index in [1.54, 1.807) is 24.3 Å². The molecule has 0 bridgehead atoms. The zero-order valence-electron chi connectivity index (χ0n) is 8.99. The maximum absolute atomic E-state index is 13.0. The van der Waals surface area contributed by atoms with Crippen LogP contribution in [0.1, 0.15) is 15.9 Å². The molecule has 0 saturated heterocycles. The van der Waals surface area contributed by atoms with E-state index in [-0.39, 0.29) is 18.0 Å². The number of ketones is 1. The maximum atomic E-state index is 13.0. The predicted octanol–water partition coefficient (Wildman–Crippen LogP) is 4.01. The van der Waals surface area contributed by atoms with E-state index in [9.17, 15) is 9.18 Å². The molecule has 0 aromatic heterocycles. The second kappa shape index (κ2) is 5.23. The molecule has 0 atom stereocenters. The van der Waals surface area contributed by atoms with Crippen LogP contribution < -0.4 is 0 Å². The normalized spacial score (nSPS) is 10.2. The fraction of sp³-hybridized carbons (Fsp3) is 0.0714. The first-order valence-corrected chi connectivity index (χ1v) is 5.97. The third-order valence-electron chi connectivity index (χ3n) is 2.40. The van der Waals surface area contributed by atoms with E-state index < -0.39 is 0 Å². The fourth-order valence-electron chi connectivity index (χ4n) is 1.60. The molecule has 0 heterocycles. The monoisotopic (exact) mass is 292 g/mol. The van der Waals surface area contributed by atoms with Crippen LogP contribution in [0.15, 0.2) is 53.0 Å². The van der Waals surface area contributed by atoms with Crippen molar-refractivity contribution in [2.24, 2.45) is 0 Å². The molecule has 0 saturated carbocycles. The van der Waals surface area contributed by atoms with E-state index in [4.69, 9.17) is 0 Å². The Kier molecular flexibility index (Phi) is 3.69. The topological polar surface area (TPSA) is 17.1 Å². The molecule has 0 N–H and O–H groups in total. The van der Waals surface area contributed by atoms with Gasteiger partial charge in [-0.15, -0.1) is 0 Å². The first-order chi connectivity index (χ1) is 8.15. The molecule has 0 fully saturated rings. The summed E-state index contributed by atoms with van der Waals surface area (Å²) in [4.78, 5) is 11.9. The molecular weight excluding hydrogens is 283 g/mol. The minimum Gasteiger partial charge on any atom is -0.294 e. The van der Waals surface area contributed by atoms with Crippen LogP contribution >= 0.6 is 15.9 Å². The Balaban J connectivity index is 2.17. The van der Waals surface area contributed by atoms with Crippen molar-refractivity contribution in [3.05, 3.63) is 69.9 Å². The van der Waals surface area contributed by atoms with Gasteiger partial charge in [-0.1, -0.05) is 40.2 Å². The Morgan fingerprint density at radius 2 is 1.88 bits per heavy atom. The van der Waals surface area contributed by atoms with E-state index in [0.717, 1.165) is 4.47 Å². The van der Waals surface area contributed by atoms with E-state index in [0.29, 0.717) is 11.1 Å². The van der Waals surface area contributed by atoms with E-state index in [1.165, 1.54) is 12.1 Å². The van der Waals surface area contributed by atoms with Crippen molar-refractivity contribution in [3.63, 3.8) is 0 Å². The molecule has 86 valence electrons. The van der Waals surface area contributed by atoms with Gasteiger partial charge in [0.2, 0.25) is 0 Å². The molecule has 0 radical (unpaired) electrons. The van der Waals surface area contributed by atoms with Gasteiger partial charge in [0.15, 0.2) is 5.78 Å². The van der Waals surface area contributed by atoms with Crippen molar-refractivity contribution < 1.29 is 9.18 Å². The Bertz CT molecular complexity index is 551. The highest BCUT2D eigenvalue weighted by Gasteiger charge is 2.07. The van der Waals surface area contributed by atoms with Gasteiger partial charge in [-0.2, -0.15) is 0 Å².